The third kappa shape index (κ3) is 4.98. The normalized spacial score (nSPS) is 16.1. The molecule has 1 N–H and O–H groups in total. The molecule has 176 valence electrons. The summed E-state index contributed by atoms with van der Waals surface area (Å²) in [5.41, 5.74) is 2.66. The molecule has 1 atom stereocenters. The van der Waals surface area contributed by atoms with Crippen molar-refractivity contribution in [3.8, 4) is 11.5 Å². The average Bonchev–Trinajstić information content (AvgIpc) is 3.23. The summed E-state index contributed by atoms with van der Waals surface area (Å²) in [6, 6.07) is 9.45. The molecule has 2 aromatic heterocycles. The molecule has 1 unspecified atom stereocenters. The number of rotatable bonds is 9. The minimum Gasteiger partial charge on any atom is -0.497 e. The van der Waals surface area contributed by atoms with Crippen molar-refractivity contribution < 1.29 is 19.4 Å². The first kappa shape index (κ1) is 23.1. The third-order valence-corrected chi connectivity index (χ3v) is 6.80. The van der Waals surface area contributed by atoms with Crippen LogP contribution in [0.25, 0.3) is 11.0 Å². The van der Waals surface area contributed by atoms with Crippen molar-refractivity contribution in [3.63, 3.8) is 0 Å². The van der Waals surface area contributed by atoms with Gasteiger partial charge in [0.2, 0.25) is 0 Å². The number of carbonyl (C=O) groups is 1. The molecular formula is C26H33N3O4. The monoisotopic (exact) mass is 451 g/mol. The van der Waals surface area contributed by atoms with Crippen LogP contribution in [0.2, 0.25) is 0 Å². The number of nitrogens with zero attached hydrogens (tertiary/aromatic N) is 3. The summed E-state index contributed by atoms with van der Waals surface area (Å²) in [5.74, 6) is 0.458. The summed E-state index contributed by atoms with van der Waals surface area (Å²) >= 11 is 0. The van der Waals surface area contributed by atoms with Crippen LogP contribution in [0.3, 0.4) is 0 Å². The van der Waals surface area contributed by atoms with E-state index in [4.69, 9.17) is 9.47 Å². The van der Waals surface area contributed by atoms with Crippen molar-refractivity contribution in [2.75, 3.05) is 33.4 Å². The number of likely N-dealkylation sites (tertiary alicyclic amines) is 1. The van der Waals surface area contributed by atoms with Crippen LogP contribution in [0.5, 0.6) is 11.5 Å². The summed E-state index contributed by atoms with van der Waals surface area (Å²) < 4.78 is 13.4. The lowest BCUT2D eigenvalue weighted by Crippen LogP contribution is -2.35. The van der Waals surface area contributed by atoms with Gasteiger partial charge in [0.1, 0.15) is 29.3 Å². The van der Waals surface area contributed by atoms with Crippen LogP contribution in [0.1, 0.15) is 61.0 Å². The quantitative estimate of drug-likeness (QED) is 0.495. The van der Waals surface area contributed by atoms with Crippen molar-refractivity contribution in [2.24, 2.45) is 0 Å². The Morgan fingerprint density at radius 2 is 2.06 bits per heavy atom. The second-order valence-corrected chi connectivity index (χ2v) is 8.76. The highest BCUT2D eigenvalue weighted by Crippen LogP contribution is 2.35. The van der Waals surface area contributed by atoms with E-state index in [1.165, 1.54) is 17.0 Å². The molecule has 0 bridgehead atoms. The number of carboxylic acids is 1. The lowest BCUT2D eigenvalue weighted by atomic mass is 9.89. The number of aromatic carboxylic acids is 1. The first-order valence-corrected chi connectivity index (χ1v) is 11.7. The van der Waals surface area contributed by atoms with Gasteiger partial charge in [-0.2, -0.15) is 0 Å². The number of ether oxygens (including phenoxy) is 2. The summed E-state index contributed by atoms with van der Waals surface area (Å²) in [6.45, 7) is 7.65. The van der Waals surface area contributed by atoms with Crippen LogP contribution in [-0.2, 0) is 0 Å². The Morgan fingerprint density at radius 3 is 2.76 bits per heavy atom. The molecule has 0 amide bonds. The zero-order chi connectivity index (χ0) is 23.4. The molecule has 1 fully saturated rings. The van der Waals surface area contributed by atoms with Crippen molar-refractivity contribution in [3.05, 3.63) is 53.9 Å². The van der Waals surface area contributed by atoms with E-state index in [0.717, 1.165) is 44.5 Å². The van der Waals surface area contributed by atoms with Gasteiger partial charge in [-0.05, 0) is 75.0 Å². The lowest BCUT2D eigenvalue weighted by molar-refractivity contribution is 0.0691. The smallest absolute Gasteiger partial charge is 0.339 e. The Bertz CT molecular complexity index is 1100. The second-order valence-electron chi connectivity index (χ2n) is 8.76. The van der Waals surface area contributed by atoms with Crippen molar-refractivity contribution >= 4 is 17.0 Å². The van der Waals surface area contributed by atoms with Crippen LogP contribution in [0.4, 0.5) is 0 Å². The Labute approximate surface area is 194 Å². The van der Waals surface area contributed by atoms with E-state index in [1.54, 1.807) is 19.2 Å². The molecule has 33 heavy (non-hydrogen) atoms. The number of methoxy groups -OCH3 is 1. The molecule has 7 heteroatoms. The van der Waals surface area contributed by atoms with E-state index in [0.29, 0.717) is 30.1 Å². The molecule has 3 heterocycles. The SMILES string of the molecule is CCC(C)n1cc(C2CCN(CCOc3cc(OC)ccc3C(=O)O)CC2)c2cccnc21. The van der Waals surface area contributed by atoms with Gasteiger partial charge >= 0.3 is 5.97 Å². The molecule has 0 radical (unpaired) electrons. The molecule has 1 aromatic carbocycles. The number of piperidine rings is 1. The number of benzene rings is 1. The highest BCUT2D eigenvalue weighted by Gasteiger charge is 2.25. The Morgan fingerprint density at radius 1 is 1.27 bits per heavy atom. The lowest BCUT2D eigenvalue weighted by Gasteiger charge is -2.31. The maximum atomic E-state index is 11.5. The second kappa shape index (κ2) is 10.3. The van der Waals surface area contributed by atoms with Gasteiger partial charge in [0, 0.05) is 36.4 Å². The van der Waals surface area contributed by atoms with E-state index >= 15 is 0 Å². The molecule has 4 rings (SSSR count). The van der Waals surface area contributed by atoms with Crippen LogP contribution >= 0.6 is 0 Å². The van der Waals surface area contributed by atoms with Crippen LogP contribution < -0.4 is 9.47 Å². The molecule has 0 saturated carbocycles. The van der Waals surface area contributed by atoms with Crippen molar-refractivity contribution in [2.45, 2.75) is 45.1 Å². The molecule has 1 aliphatic rings. The Balaban J connectivity index is 1.36. The maximum absolute atomic E-state index is 11.5. The number of fused-ring (bicyclic) bond motifs is 1. The number of carboxylic acid groups (broad SMARTS) is 1. The van der Waals surface area contributed by atoms with Crippen LogP contribution in [0, 0.1) is 0 Å². The fourth-order valence-electron chi connectivity index (χ4n) is 4.64. The summed E-state index contributed by atoms with van der Waals surface area (Å²) in [6.07, 6.45) is 7.47. The highest BCUT2D eigenvalue weighted by molar-refractivity contribution is 5.91. The number of hydrogen-bond donors (Lipinski definition) is 1. The largest absolute Gasteiger partial charge is 0.497 e. The molecule has 3 aromatic rings. The fourth-order valence-corrected chi connectivity index (χ4v) is 4.64. The summed E-state index contributed by atoms with van der Waals surface area (Å²) in [7, 11) is 1.56. The average molecular weight is 452 g/mol. The van der Waals surface area contributed by atoms with Crippen molar-refractivity contribution in [1.82, 2.24) is 14.5 Å². The van der Waals surface area contributed by atoms with Crippen LogP contribution in [0.15, 0.2) is 42.7 Å². The predicted octanol–water partition coefficient (Wildman–Crippen LogP) is 4.97. The number of hydrogen-bond acceptors (Lipinski definition) is 5. The minimum absolute atomic E-state index is 0.154. The maximum Gasteiger partial charge on any atom is 0.339 e. The van der Waals surface area contributed by atoms with Gasteiger partial charge in [-0.3, -0.25) is 4.90 Å². The Kier molecular flexibility index (Phi) is 7.18. The zero-order valence-electron chi connectivity index (χ0n) is 19.7. The van der Waals surface area contributed by atoms with E-state index in [1.807, 2.05) is 12.3 Å². The Hall–Kier alpha value is -3.06. The molecule has 0 spiro atoms. The number of pyridine rings is 1. The first-order chi connectivity index (χ1) is 16.0. The standard InChI is InChI=1S/C26H33N3O4/c1-4-18(2)29-17-23(21-6-5-11-27-25(21)29)19-9-12-28(13-10-19)14-15-33-24-16-20(32-3)7-8-22(24)26(30)31/h5-8,11,16-19H,4,9-10,12-15H2,1-3H3,(H,30,31). The minimum atomic E-state index is -1.00. The van der Waals surface area contributed by atoms with Gasteiger partial charge in [-0.1, -0.05) is 6.92 Å². The predicted molar refractivity (Wildman–Crippen MR) is 129 cm³/mol. The topological polar surface area (TPSA) is 76.8 Å². The zero-order valence-corrected chi connectivity index (χ0v) is 19.7. The first-order valence-electron chi connectivity index (χ1n) is 11.7. The van der Waals surface area contributed by atoms with Gasteiger partial charge in [0.15, 0.2) is 0 Å². The molecule has 1 aliphatic heterocycles. The molecule has 0 aliphatic carbocycles. The summed E-state index contributed by atoms with van der Waals surface area (Å²) in [4.78, 5) is 18.5. The third-order valence-electron chi connectivity index (χ3n) is 6.80. The van der Waals surface area contributed by atoms with Crippen LogP contribution in [-0.4, -0.2) is 58.9 Å². The summed E-state index contributed by atoms with van der Waals surface area (Å²) in [5, 5.41) is 10.7. The number of aromatic nitrogens is 2. The van der Waals surface area contributed by atoms with Gasteiger partial charge in [-0.15, -0.1) is 0 Å². The van der Waals surface area contributed by atoms with Crippen molar-refractivity contribution in [1.29, 1.82) is 0 Å². The van der Waals surface area contributed by atoms with Gasteiger partial charge in [0.05, 0.1) is 7.11 Å². The highest BCUT2D eigenvalue weighted by atomic mass is 16.5. The van der Waals surface area contributed by atoms with Gasteiger partial charge in [-0.25, -0.2) is 9.78 Å². The van der Waals surface area contributed by atoms with E-state index in [9.17, 15) is 9.90 Å². The van der Waals surface area contributed by atoms with Gasteiger partial charge in [0.25, 0.3) is 0 Å². The molecule has 7 nitrogen and oxygen atoms in total. The van der Waals surface area contributed by atoms with E-state index in [-0.39, 0.29) is 5.56 Å². The van der Waals surface area contributed by atoms with E-state index in [2.05, 4.69) is 40.6 Å². The fraction of sp³-hybridized carbons (Fsp3) is 0.462. The van der Waals surface area contributed by atoms with E-state index < -0.39 is 5.97 Å². The van der Waals surface area contributed by atoms with Gasteiger partial charge < -0.3 is 19.1 Å². The molecular weight excluding hydrogens is 418 g/mol. The molecule has 1 saturated heterocycles.